The van der Waals surface area contributed by atoms with Gasteiger partial charge in [0.05, 0.1) is 6.61 Å². The highest BCUT2D eigenvalue weighted by atomic mass is 79.9. The highest BCUT2D eigenvalue weighted by Gasteiger charge is 2.14. The maximum absolute atomic E-state index is 5.47. The van der Waals surface area contributed by atoms with Crippen molar-refractivity contribution in [1.82, 2.24) is 5.32 Å². The summed E-state index contributed by atoms with van der Waals surface area (Å²) in [5.74, 6) is 0. The third-order valence-electron chi connectivity index (χ3n) is 2.10. The summed E-state index contributed by atoms with van der Waals surface area (Å²) in [6, 6.07) is 8.33. The molecule has 0 radical (unpaired) electrons. The van der Waals surface area contributed by atoms with Gasteiger partial charge in [0.15, 0.2) is 0 Å². The summed E-state index contributed by atoms with van der Waals surface area (Å²) in [5.41, 5.74) is 1.30. The van der Waals surface area contributed by atoms with Gasteiger partial charge in [-0.3, -0.25) is 5.32 Å². The van der Waals surface area contributed by atoms with Gasteiger partial charge >= 0.3 is 0 Å². The van der Waals surface area contributed by atoms with Gasteiger partial charge in [-0.2, -0.15) is 0 Å². The van der Waals surface area contributed by atoms with E-state index in [4.69, 9.17) is 4.74 Å². The number of halogens is 2. The topological polar surface area (TPSA) is 21.3 Å². The molecule has 1 N–H and O–H groups in total. The molecular weight excluding hydrogens is 265 g/mol. The molecular formula is C10H13BrClNO. The minimum absolute atomic E-state index is 0. The van der Waals surface area contributed by atoms with E-state index < -0.39 is 0 Å². The molecule has 1 fully saturated rings. The standard InChI is InChI=1S/C10H12BrNO.ClH/c11-9-3-1-2-8(6-9)7-10-12-4-5-13-10;/h1-3,6,10,12H,4-5,7H2;1H. The predicted octanol–water partition coefficient (Wildman–Crippen LogP) is 2.36. The van der Waals surface area contributed by atoms with E-state index in [-0.39, 0.29) is 18.6 Å². The first-order valence-electron chi connectivity index (χ1n) is 4.44. The van der Waals surface area contributed by atoms with Crippen LogP contribution in [0.2, 0.25) is 0 Å². The molecule has 0 aliphatic carbocycles. The fourth-order valence-corrected chi connectivity index (χ4v) is 1.94. The molecule has 1 atom stereocenters. The van der Waals surface area contributed by atoms with Gasteiger partial charge in [0.1, 0.15) is 6.23 Å². The molecule has 14 heavy (non-hydrogen) atoms. The second kappa shape index (κ2) is 5.71. The van der Waals surface area contributed by atoms with Crippen molar-refractivity contribution in [3.05, 3.63) is 34.3 Å². The van der Waals surface area contributed by atoms with Crippen LogP contribution in [0.1, 0.15) is 5.56 Å². The molecule has 2 rings (SSSR count). The van der Waals surface area contributed by atoms with E-state index in [2.05, 4.69) is 33.4 Å². The Labute approximate surface area is 98.6 Å². The SMILES string of the molecule is Brc1cccc(CC2NCCO2)c1.Cl. The summed E-state index contributed by atoms with van der Waals surface area (Å²) in [6.07, 6.45) is 1.15. The summed E-state index contributed by atoms with van der Waals surface area (Å²) < 4.78 is 6.60. The molecule has 1 aliphatic heterocycles. The Hall–Kier alpha value is -0.0900. The second-order valence-electron chi connectivity index (χ2n) is 3.15. The average Bonchev–Trinajstić information content (AvgIpc) is 2.57. The Bertz CT molecular complexity index is 289. The molecule has 0 spiro atoms. The molecule has 1 aliphatic rings. The summed E-state index contributed by atoms with van der Waals surface area (Å²) in [4.78, 5) is 0. The molecule has 1 saturated heterocycles. The van der Waals surface area contributed by atoms with E-state index in [0.717, 1.165) is 24.0 Å². The van der Waals surface area contributed by atoms with Crippen molar-refractivity contribution in [1.29, 1.82) is 0 Å². The van der Waals surface area contributed by atoms with Crippen LogP contribution in [0.4, 0.5) is 0 Å². The van der Waals surface area contributed by atoms with Gasteiger partial charge in [-0.1, -0.05) is 28.1 Å². The Morgan fingerprint density at radius 2 is 2.36 bits per heavy atom. The number of benzene rings is 1. The number of hydrogen-bond donors (Lipinski definition) is 1. The lowest BCUT2D eigenvalue weighted by Gasteiger charge is -2.09. The first kappa shape index (κ1) is 12.0. The largest absolute Gasteiger partial charge is 0.362 e. The summed E-state index contributed by atoms with van der Waals surface area (Å²) >= 11 is 3.45. The van der Waals surface area contributed by atoms with Crippen LogP contribution in [0.3, 0.4) is 0 Å². The van der Waals surface area contributed by atoms with Crippen molar-refractivity contribution < 1.29 is 4.74 Å². The maximum Gasteiger partial charge on any atom is 0.112 e. The van der Waals surface area contributed by atoms with Crippen molar-refractivity contribution in [3.8, 4) is 0 Å². The molecule has 1 aromatic rings. The van der Waals surface area contributed by atoms with Gasteiger partial charge in [-0.05, 0) is 17.7 Å². The van der Waals surface area contributed by atoms with Crippen LogP contribution in [-0.2, 0) is 11.2 Å². The third kappa shape index (κ3) is 3.24. The van der Waals surface area contributed by atoms with Gasteiger partial charge in [0, 0.05) is 17.4 Å². The van der Waals surface area contributed by atoms with Crippen molar-refractivity contribution in [2.75, 3.05) is 13.2 Å². The van der Waals surface area contributed by atoms with Crippen LogP contribution in [0, 0.1) is 0 Å². The van der Waals surface area contributed by atoms with Crippen LogP contribution in [0.15, 0.2) is 28.7 Å². The van der Waals surface area contributed by atoms with E-state index in [0.29, 0.717) is 0 Å². The Morgan fingerprint density at radius 3 is 3.00 bits per heavy atom. The van der Waals surface area contributed by atoms with Gasteiger partial charge in [0.25, 0.3) is 0 Å². The Morgan fingerprint density at radius 1 is 1.50 bits per heavy atom. The van der Waals surface area contributed by atoms with E-state index in [1.54, 1.807) is 0 Å². The predicted molar refractivity (Wildman–Crippen MR) is 62.8 cm³/mol. The van der Waals surface area contributed by atoms with Crippen molar-refractivity contribution in [2.24, 2.45) is 0 Å². The fraction of sp³-hybridized carbons (Fsp3) is 0.400. The molecule has 1 aromatic carbocycles. The quantitative estimate of drug-likeness (QED) is 0.897. The van der Waals surface area contributed by atoms with Crippen molar-refractivity contribution >= 4 is 28.3 Å². The molecule has 0 aromatic heterocycles. The maximum atomic E-state index is 5.47. The van der Waals surface area contributed by atoms with Crippen LogP contribution in [-0.4, -0.2) is 19.4 Å². The molecule has 78 valence electrons. The normalized spacial score (nSPS) is 20.5. The van der Waals surface area contributed by atoms with Gasteiger partial charge in [-0.15, -0.1) is 12.4 Å². The summed E-state index contributed by atoms with van der Waals surface area (Å²) in [7, 11) is 0. The lowest BCUT2D eigenvalue weighted by molar-refractivity contribution is 0.102. The van der Waals surface area contributed by atoms with Gasteiger partial charge in [0.2, 0.25) is 0 Å². The Balaban J connectivity index is 0.000000980. The molecule has 0 saturated carbocycles. The number of hydrogen-bond acceptors (Lipinski definition) is 2. The zero-order chi connectivity index (χ0) is 9.10. The fourth-order valence-electron chi connectivity index (χ4n) is 1.49. The minimum atomic E-state index is 0. The summed E-state index contributed by atoms with van der Waals surface area (Å²) in [6.45, 7) is 1.80. The van der Waals surface area contributed by atoms with Crippen molar-refractivity contribution in [3.63, 3.8) is 0 Å². The van der Waals surface area contributed by atoms with Crippen LogP contribution >= 0.6 is 28.3 Å². The zero-order valence-electron chi connectivity index (χ0n) is 7.70. The van der Waals surface area contributed by atoms with Crippen LogP contribution < -0.4 is 5.32 Å². The molecule has 2 nitrogen and oxygen atoms in total. The van der Waals surface area contributed by atoms with E-state index >= 15 is 0 Å². The monoisotopic (exact) mass is 277 g/mol. The lowest BCUT2D eigenvalue weighted by Crippen LogP contribution is -2.24. The van der Waals surface area contributed by atoms with Crippen molar-refractivity contribution in [2.45, 2.75) is 12.6 Å². The van der Waals surface area contributed by atoms with E-state index in [1.165, 1.54) is 5.56 Å². The highest BCUT2D eigenvalue weighted by Crippen LogP contribution is 2.14. The van der Waals surface area contributed by atoms with E-state index in [9.17, 15) is 0 Å². The van der Waals surface area contributed by atoms with E-state index in [1.807, 2.05) is 12.1 Å². The molecule has 1 unspecified atom stereocenters. The van der Waals surface area contributed by atoms with Crippen LogP contribution in [0.5, 0.6) is 0 Å². The number of rotatable bonds is 2. The third-order valence-corrected chi connectivity index (χ3v) is 2.60. The first-order valence-corrected chi connectivity index (χ1v) is 5.23. The molecule has 0 amide bonds. The Kier molecular flexibility index (Phi) is 4.89. The zero-order valence-corrected chi connectivity index (χ0v) is 10.1. The van der Waals surface area contributed by atoms with Crippen LogP contribution in [0.25, 0.3) is 0 Å². The average molecular weight is 279 g/mol. The molecule has 0 bridgehead atoms. The molecule has 1 heterocycles. The second-order valence-corrected chi connectivity index (χ2v) is 4.06. The molecule has 4 heteroatoms. The lowest BCUT2D eigenvalue weighted by atomic mass is 10.1. The minimum Gasteiger partial charge on any atom is -0.362 e. The smallest absolute Gasteiger partial charge is 0.112 e. The number of nitrogens with one attached hydrogen (secondary N) is 1. The number of ether oxygens (including phenoxy) is 1. The van der Waals surface area contributed by atoms with Gasteiger partial charge in [-0.25, -0.2) is 0 Å². The summed E-state index contributed by atoms with van der Waals surface area (Å²) in [5, 5.41) is 3.29. The first-order chi connectivity index (χ1) is 6.34. The highest BCUT2D eigenvalue weighted by molar-refractivity contribution is 9.10. The van der Waals surface area contributed by atoms with Gasteiger partial charge < -0.3 is 4.74 Å².